The van der Waals surface area contributed by atoms with Crippen LogP contribution in [0, 0.1) is 10.1 Å². The molecule has 8 heteroatoms. The first-order valence-electron chi connectivity index (χ1n) is 10.7. The van der Waals surface area contributed by atoms with Gasteiger partial charge >= 0.3 is 0 Å². The smallest absolute Gasteiger partial charge is 0.270 e. The molecule has 5 rings (SSSR count). The second kappa shape index (κ2) is 8.76. The lowest BCUT2D eigenvalue weighted by molar-refractivity contribution is -0.384. The number of fused-ring (bicyclic) bond motifs is 1. The minimum atomic E-state index is -0.458. The zero-order chi connectivity index (χ0) is 22.8. The molecule has 3 aromatic carbocycles. The molecule has 8 nitrogen and oxygen atoms in total. The fourth-order valence-electron chi connectivity index (χ4n) is 4.12. The zero-order valence-electron chi connectivity index (χ0n) is 17.8. The van der Waals surface area contributed by atoms with Gasteiger partial charge in [-0.2, -0.15) is 0 Å². The number of hydrogen-bond acceptors (Lipinski definition) is 6. The van der Waals surface area contributed by atoms with Crippen molar-refractivity contribution in [2.75, 3.05) is 41.8 Å². The fourth-order valence-corrected chi connectivity index (χ4v) is 4.12. The number of anilines is 3. The van der Waals surface area contributed by atoms with Crippen molar-refractivity contribution in [3.63, 3.8) is 0 Å². The summed E-state index contributed by atoms with van der Waals surface area (Å²) in [6.07, 6.45) is 0. The van der Waals surface area contributed by atoms with Gasteiger partial charge in [-0.15, -0.1) is 0 Å². The van der Waals surface area contributed by atoms with Crippen molar-refractivity contribution in [1.82, 2.24) is 0 Å². The van der Waals surface area contributed by atoms with Crippen LogP contribution in [0.5, 0.6) is 0 Å². The molecular formula is C25H22N4O4. The summed E-state index contributed by atoms with van der Waals surface area (Å²) in [6.45, 7) is 3.12. The lowest BCUT2D eigenvalue weighted by Crippen LogP contribution is -2.36. The van der Waals surface area contributed by atoms with Crippen LogP contribution < -0.4 is 15.5 Å². The number of morpholine rings is 1. The van der Waals surface area contributed by atoms with Crippen molar-refractivity contribution < 1.29 is 14.5 Å². The monoisotopic (exact) mass is 442 g/mol. The summed E-state index contributed by atoms with van der Waals surface area (Å²) >= 11 is 0. The number of carbonyl (C=O) groups is 1. The molecule has 0 aromatic heterocycles. The molecule has 1 saturated heterocycles. The number of nitrogens with zero attached hydrogens (tertiary/aromatic N) is 2. The Morgan fingerprint density at radius 1 is 1.00 bits per heavy atom. The molecule has 0 unspecified atom stereocenters. The predicted molar refractivity (Wildman–Crippen MR) is 128 cm³/mol. The van der Waals surface area contributed by atoms with E-state index in [2.05, 4.69) is 15.5 Å². The minimum Gasteiger partial charge on any atom is -0.378 e. The molecule has 2 aliphatic rings. The van der Waals surface area contributed by atoms with Crippen LogP contribution in [0.3, 0.4) is 0 Å². The van der Waals surface area contributed by atoms with Gasteiger partial charge in [-0.25, -0.2) is 0 Å². The second-order valence-electron chi connectivity index (χ2n) is 7.83. The first-order chi connectivity index (χ1) is 16.1. The number of carbonyl (C=O) groups excluding carboxylic acids is 1. The van der Waals surface area contributed by atoms with Gasteiger partial charge in [0.25, 0.3) is 11.6 Å². The maximum absolute atomic E-state index is 13.0. The van der Waals surface area contributed by atoms with Gasteiger partial charge < -0.3 is 20.3 Å². The van der Waals surface area contributed by atoms with Gasteiger partial charge in [0, 0.05) is 47.8 Å². The Morgan fingerprint density at radius 3 is 2.42 bits per heavy atom. The van der Waals surface area contributed by atoms with E-state index in [9.17, 15) is 14.9 Å². The molecule has 0 radical (unpaired) electrons. The van der Waals surface area contributed by atoms with Gasteiger partial charge in [-0.05, 0) is 35.9 Å². The molecule has 0 spiro atoms. The van der Waals surface area contributed by atoms with Crippen molar-refractivity contribution in [3.8, 4) is 0 Å². The molecule has 0 bridgehead atoms. The van der Waals surface area contributed by atoms with Crippen LogP contribution in [0.1, 0.15) is 11.1 Å². The summed E-state index contributed by atoms with van der Waals surface area (Å²) in [5.41, 5.74) is 4.68. The number of non-ortho nitro benzene ring substituents is 1. The lowest BCUT2D eigenvalue weighted by Gasteiger charge is -2.29. The second-order valence-corrected chi connectivity index (χ2v) is 7.83. The van der Waals surface area contributed by atoms with Gasteiger partial charge in [-0.3, -0.25) is 14.9 Å². The van der Waals surface area contributed by atoms with E-state index >= 15 is 0 Å². The molecule has 2 heterocycles. The molecule has 166 valence electrons. The number of nitro benzene ring substituents is 1. The molecule has 2 aliphatic heterocycles. The van der Waals surface area contributed by atoms with Crippen molar-refractivity contribution in [2.24, 2.45) is 0 Å². The van der Waals surface area contributed by atoms with E-state index < -0.39 is 4.92 Å². The molecule has 1 amide bonds. The van der Waals surface area contributed by atoms with Crippen molar-refractivity contribution >= 4 is 39.9 Å². The maximum atomic E-state index is 13.0. The van der Waals surface area contributed by atoms with Gasteiger partial charge in [0.15, 0.2) is 0 Å². The van der Waals surface area contributed by atoms with Crippen LogP contribution >= 0.6 is 0 Å². The van der Waals surface area contributed by atoms with Crippen molar-refractivity contribution in [2.45, 2.75) is 0 Å². The Bertz CT molecular complexity index is 1230. The summed E-state index contributed by atoms with van der Waals surface area (Å²) in [5, 5.41) is 17.6. The summed E-state index contributed by atoms with van der Waals surface area (Å²) < 4.78 is 5.43. The topological polar surface area (TPSA) is 96.7 Å². The van der Waals surface area contributed by atoms with Gasteiger partial charge in [0.05, 0.1) is 29.4 Å². The first kappa shape index (κ1) is 20.7. The lowest BCUT2D eigenvalue weighted by atomic mass is 9.99. The average Bonchev–Trinajstić information content (AvgIpc) is 3.18. The fraction of sp³-hybridized carbons (Fsp3) is 0.160. The highest BCUT2D eigenvalue weighted by Crippen LogP contribution is 2.39. The summed E-state index contributed by atoms with van der Waals surface area (Å²) in [5.74, 6) is -0.304. The third-order valence-electron chi connectivity index (χ3n) is 5.78. The molecule has 0 saturated carbocycles. The molecule has 2 N–H and O–H groups in total. The Kier molecular flexibility index (Phi) is 5.50. The normalized spacial score (nSPS) is 16.7. The van der Waals surface area contributed by atoms with Crippen molar-refractivity contribution in [3.05, 3.63) is 94.0 Å². The highest BCUT2D eigenvalue weighted by atomic mass is 16.6. The van der Waals surface area contributed by atoms with Crippen molar-refractivity contribution in [1.29, 1.82) is 0 Å². The standard InChI is InChI=1S/C25H22N4O4/c30-25-23(21-16-20(29(31)32)10-11-22(21)27-25)24(17-4-2-1-3-5-17)26-18-6-8-19(9-7-18)28-12-14-33-15-13-28/h1-11,16,26H,12-15H2,(H,27,30). The highest BCUT2D eigenvalue weighted by molar-refractivity contribution is 6.37. The third-order valence-corrected chi connectivity index (χ3v) is 5.78. The number of hydrogen-bond donors (Lipinski definition) is 2. The summed E-state index contributed by atoms with van der Waals surface area (Å²) in [4.78, 5) is 26.1. The summed E-state index contributed by atoms with van der Waals surface area (Å²) in [6, 6.07) is 21.9. The van der Waals surface area contributed by atoms with Gasteiger partial charge in [0.1, 0.15) is 0 Å². The Morgan fingerprint density at radius 2 is 1.73 bits per heavy atom. The molecule has 1 fully saturated rings. The van der Waals surface area contributed by atoms with Crippen LogP contribution in [-0.2, 0) is 9.53 Å². The number of benzene rings is 3. The van der Waals surface area contributed by atoms with Gasteiger partial charge in [-0.1, -0.05) is 30.3 Å². The number of amides is 1. The number of nitrogens with one attached hydrogen (secondary N) is 2. The van der Waals surface area contributed by atoms with Crippen LogP contribution in [0.2, 0.25) is 0 Å². The first-order valence-corrected chi connectivity index (χ1v) is 10.7. The molecular weight excluding hydrogens is 420 g/mol. The minimum absolute atomic E-state index is 0.0648. The zero-order valence-corrected chi connectivity index (χ0v) is 17.8. The highest BCUT2D eigenvalue weighted by Gasteiger charge is 2.30. The van der Waals surface area contributed by atoms with Gasteiger partial charge in [0.2, 0.25) is 0 Å². The van der Waals surface area contributed by atoms with E-state index in [1.807, 2.05) is 54.6 Å². The number of rotatable bonds is 5. The average molecular weight is 442 g/mol. The van der Waals surface area contributed by atoms with Crippen LogP contribution in [0.4, 0.5) is 22.7 Å². The Labute approximate surface area is 190 Å². The molecule has 0 aliphatic carbocycles. The van der Waals surface area contributed by atoms with E-state index in [-0.39, 0.29) is 11.6 Å². The number of nitro groups is 1. The van der Waals surface area contributed by atoms with Crippen LogP contribution in [0.25, 0.3) is 11.3 Å². The molecule has 3 aromatic rings. The van der Waals surface area contributed by atoms with E-state index in [1.54, 1.807) is 6.07 Å². The Balaban J connectivity index is 1.56. The van der Waals surface area contributed by atoms with Crippen LogP contribution in [0.15, 0.2) is 72.8 Å². The van der Waals surface area contributed by atoms with E-state index in [0.29, 0.717) is 35.7 Å². The molecule has 33 heavy (non-hydrogen) atoms. The Hall–Kier alpha value is -4.17. The quantitative estimate of drug-likeness (QED) is 0.346. The largest absolute Gasteiger partial charge is 0.378 e. The predicted octanol–water partition coefficient (Wildman–Crippen LogP) is 4.36. The third kappa shape index (κ3) is 4.16. The number of ether oxygens (including phenoxy) is 1. The SMILES string of the molecule is O=C1Nc2ccc([N+](=O)[O-])cc2C1=C(Nc1ccc(N2CCOCC2)cc1)c1ccccc1. The summed E-state index contributed by atoms with van der Waals surface area (Å²) in [7, 11) is 0. The maximum Gasteiger partial charge on any atom is 0.270 e. The van der Waals surface area contributed by atoms with Crippen LogP contribution in [-0.4, -0.2) is 37.1 Å². The van der Waals surface area contributed by atoms with E-state index in [4.69, 9.17) is 4.74 Å². The van der Waals surface area contributed by atoms with E-state index in [1.165, 1.54) is 12.1 Å². The molecule has 0 atom stereocenters. The van der Waals surface area contributed by atoms with E-state index in [0.717, 1.165) is 30.0 Å².